The van der Waals surface area contributed by atoms with Gasteiger partial charge in [0.15, 0.2) is 0 Å². The third-order valence-electron chi connectivity index (χ3n) is 3.60. The molecule has 0 amide bonds. The highest BCUT2D eigenvalue weighted by atomic mass is 16.5. The van der Waals surface area contributed by atoms with Crippen molar-refractivity contribution < 1.29 is 9.84 Å². The largest absolute Gasteiger partial charge is 0.396 e. The van der Waals surface area contributed by atoms with E-state index in [1.165, 1.54) is 32.1 Å². The zero-order valence-corrected chi connectivity index (χ0v) is 10.6. The Morgan fingerprint density at radius 2 is 2.00 bits per heavy atom. The lowest BCUT2D eigenvalue weighted by atomic mass is 9.74. The molecule has 0 saturated heterocycles. The van der Waals surface area contributed by atoms with Gasteiger partial charge in [-0.2, -0.15) is 0 Å². The van der Waals surface area contributed by atoms with Gasteiger partial charge in [0.05, 0.1) is 0 Å². The van der Waals surface area contributed by atoms with Crippen LogP contribution >= 0.6 is 0 Å². The molecule has 0 aromatic carbocycles. The van der Waals surface area contributed by atoms with Gasteiger partial charge >= 0.3 is 0 Å². The number of hydrogen-bond donors (Lipinski definition) is 2. The lowest BCUT2D eigenvalue weighted by Gasteiger charge is -2.35. The molecule has 0 aliphatic heterocycles. The molecule has 1 fully saturated rings. The fraction of sp³-hybridized carbons (Fsp3) is 1.00. The number of rotatable bonds is 8. The lowest BCUT2D eigenvalue weighted by Crippen LogP contribution is -2.39. The zero-order chi connectivity index (χ0) is 11.7. The summed E-state index contributed by atoms with van der Waals surface area (Å²) >= 11 is 0. The Labute approximate surface area is 99.6 Å². The summed E-state index contributed by atoms with van der Waals surface area (Å²) in [6, 6.07) is 0. The molecule has 1 aliphatic carbocycles. The minimum atomic E-state index is 0.170. The summed E-state index contributed by atoms with van der Waals surface area (Å²) in [5.74, 6) is 0. The molecule has 0 bridgehead atoms. The number of ether oxygens (including phenoxy) is 1. The van der Waals surface area contributed by atoms with Crippen LogP contribution in [0.3, 0.4) is 0 Å². The van der Waals surface area contributed by atoms with Gasteiger partial charge in [-0.05, 0) is 32.7 Å². The Morgan fingerprint density at radius 3 is 2.62 bits per heavy atom. The summed E-state index contributed by atoms with van der Waals surface area (Å²) in [4.78, 5) is 0. The van der Waals surface area contributed by atoms with E-state index in [9.17, 15) is 5.11 Å². The van der Waals surface area contributed by atoms with Crippen molar-refractivity contribution in [2.24, 2.45) is 5.41 Å². The van der Waals surface area contributed by atoms with E-state index in [1.54, 1.807) is 0 Å². The molecule has 1 aliphatic rings. The van der Waals surface area contributed by atoms with E-state index in [-0.39, 0.29) is 5.41 Å². The standard InChI is InChI=1S/C13H27NO2/c1-2-16-10-6-9-14-11-13(12-15)7-4-3-5-8-13/h14-15H,2-12H2,1H3. The van der Waals surface area contributed by atoms with E-state index in [0.717, 1.165) is 32.7 Å². The topological polar surface area (TPSA) is 41.5 Å². The van der Waals surface area contributed by atoms with E-state index in [0.29, 0.717) is 6.61 Å². The molecule has 2 N–H and O–H groups in total. The van der Waals surface area contributed by atoms with Crippen molar-refractivity contribution in [2.45, 2.75) is 45.4 Å². The van der Waals surface area contributed by atoms with Crippen molar-refractivity contribution in [3.63, 3.8) is 0 Å². The van der Waals surface area contributed by atoms with Crippen molar-refractivity contribution in [1.29, 1.82) is 0 Å². The van der Waals surface area contributed by atoms with E-state index in [4.69, 9.17) is 4.74 Å². The van der Waals surface area contributed by atoms with Gasteiger partial charge in [-0.1, -0.05) is 19.3 Å². The molecular formula is C13H27NO2. The van der Waals surface area contributed by atoms with Gasteiger partial charge in [0.2, 0.25) is 0 Å². The predicted octanol–water partition coefficient (Wildman–Crippen LogP) is 1.95. The maximum absolute atomic E-state index is 9.52. The highest BCUT2D eigenvalue weighted by molar-refractivity contribution is 4.84. The van der Waals surface area contributed by atoms with Crippen molar-refractivity contribution in [2.75, 3.05) is 32.9 Å². The molecule has 0 aromatic heterocycles. The van der Waals surface area contributed by atoms with Crippen LogP contribution in [-0.2, 0) is 4.74 Å². The first-order valence-corrected chi connectivity index (χ1v) is 6.72. The Hall–Kier alpha value is -0.120. The summed E-state index contributed by atoms with van der Waals surface area (Å²) in [6.45, 7) is 5.98. The zero-order valence-electron chi connectivity index (χ0n) is 10.6. The minimum absolute atomic E-state index is 0.170. The second kappa shape index (κ2) is 8.04. The third kappa shape index (κ3) is 4.81. The highest BCUT2D eigenvalue weighted by Crippen LogP contribution is 2.35. The third-order valence-corrected chi connectivity index (χ3v) is 3.60. The van der Waals surface area contributed by atoms with Crippen LogP contribution in [-0.4, -0.2) is 38.0 Å². The summed E-state index contributed by atoms with van der Waals surface area (Å²) in [7, 11) is 0. The monoisotopic (exact) mass is 229 g/mol. The maximum atomic E-state index is 9.52. The van der Waals surface area contributed by atoms with Crippen molar-refractivity contribution in [3.05, 3.63) is 0 Å². The average Bonchev–Trinajstić information content (AvgIpc) is 2.35. The molecule has 0 aromatic rings. The average molecular weight is 229 g/mol. The molecular weight excluding hydrogens is 202 g/mol. The quantitative estimate of drug-likeness (QED) is 0.625. The van der Waals surface area contributed by atoms with Crippen LogP contribution in [0.15, 0.2) is 0 Å². The summed E-state index contributed by atoms with van der Waals surface area (Å²) in [5.41, 5.74) is 0.170. The van der Waals surface area contributed by atoms with Crippen LogP contribution < -0.4 is 5.32 Å². The first kappa shape index (κ1) is 13.9. The Kier molecular flexibility index (Phi) is 7.01. The number of hydrogen-bond acceptors (Lipinski definition) is 3. The van der Waals surface area contributed by atoms with Gasteiger partial charge in [0, 0.05) is 31.8 Å². The molecule has 0 heterocycles. The van der Waals surface area contributed by atoms with Gasteiger partial charge in [-0.15, -0.1) is 0 Å². The Balaban J connectivity index is 2.08. The molecule has 1 saturated carbocycles. The molecule has 3 heteroatoms. The van der Waals surface area contributed by atoms with E-state index in [1.807, 2.05) is 6.92 Å². The molecule has 0 unspecified atom stereocenters. The second-order valence-electron chi connectivity index (χ2n) is 4.95. The van der Waals surface area contributed by atoms with Crippen molar-refractivity contribution in [1.82, 2.24) is 5.32 Å². The smallest absolute Gasteiger partial charge is 0.0499 e. The molecule has 3 nitrogen and oxygen atoms in total. The van der Waals surface area contributed by atoms with Crippen LogP contribution in [0.1, 0.15) is 45.4 Å². The predicted molar refractivity (Wildman–Crippen MR) is 66.6 cm³/mol. The van der Waals surface area contributed by atoms with E-state index < -0.39 is 0 Å². The normalized spacial score (nSPS) is 19.9. The van der Waals surface area contributed by atoms with Gasteiger partial charge in [-0.3, -0.25) is 0 Å². The number of aliphatic hydroxyl groups is 1. The van der Waals surface area contributed by atoms with Gasteiger partial charge in [-0.25, -0.2) is 0 Å². The van der Waals surface area contributed by atoms with Crippen LogP contribution in [0.4, 0.5) is 0 Å². The summed E-state index contributed by atoms with van der Waals surface area (Å²) in [6.07, 6.45) is 7.33. The van der Waals surface area contributed by atoms with Crippen molar-refractivity contribution >= 4 is 0 Å². The molecule has 16 heavy (non-hydrogen) atoms. The van der Waals surface area contributed by atoms with Crippen LogP contribution in [0.5, 0.6) is 0 Å². The highest BCUT2D eigenvalue weighted by Gasteiger charge is 2.30. The summed E-state index contributed by atoms with van der Waals surface area (Å²) in [5, 5.41) is 13.0. The first-order chi connectivity index (χ1) is 7.83. The van der Waals surface area contributed by atoms with Gasteiger partial charge < -0.3 is 15.2 Å². The van der Waals surface area contributed by atoms with Crippen LogP contribution in [0.2, 0.25) is 0 Å². The lowest BCUT2D eigenvalue weighted by molar-refractivity contribution is 0.0801. The van der Waals surface area contributed by atoms with E-state index in [2.05, 4.69) is 5.32 Å². The molecule has 0 atom stereocenters. The number of aliphatic hydroxyl groups excluding tert-OH is 1. The molecule has 0 spiro atoms. The van der Waals surface area contributed by atoms with Gasteiger partial charge in [0.1, 0.15) is 0 Å². The van der Waals surface area contributed by atoms with Crippen LogP contribution in [0, 0.1) is 5.41 Å². The first-order valence-electron chi connectivity index (χ1n) is 6.72. The fourth-order valence-electron chi connectivity index (χ4n) is 2.49. The molecule has 96 valence electrons. The van der Waals surface area contributed by atoms with Crippen molar-refractivity contribution in [3.8, 4) is 0 Å². The Bertz CT molecular complexity index is 167. The second-order valence-corrected chi connectivity index (χ2v) is 4.95. The maximum Gasteiger partial charge on any atom is 0.0499 e. The molecule has 1 rings (SSSR count). The van der Waals surface area contributed by atoms with Crippen LogP contribution in [0.25, 0.3) is 0 Å². The molecule has 0 radical (unpaired) electrons. The summed E-state index contributed by atoms with van der Waals surface area (Å²) < 4.78 is 5.29. The SMILES string of the molecule is CCOCCCNCC1(CO)CCCCC1. The number of nitrogens with one attached hydrogen (secondary N) is 1. The van der Waals surface area contributed by atoms with E-state index >= 15 is 0 Å². The minimum Gasteiger partial charge on any atom is -0.396 e. The Morgan fingerprint density at radius 1 is 1.25 bits per heavy atom. The van der Waals surface area contributed by atoms with Gasteiger partial charge in [0.25, 0.3) is 0 Å². The fourth-order valence-corrected chi connectivity index (χ4v) is 2.49.